The molecule has 0 radical (unpaired) electrons. The summed E-state index contributed by atoms with van der Waals surface area (Å²) in [5, 5.41) is 11.0. The van der Waals surface area contributed by atoms with Crippen molar-refractivity contribution in [2.45, 2.75) is 13.0 Å². The zero-order chi connectivity index (χ0) is 12.7. The Morgan fingerprint density at radius 2 is 2.24 bits per heavy atom. The second-order valence-electron chi connectivity index (χ2n) is 3.26. The molecule has 0 aliphatic carbocycles. The van der Waals surface area contributed by atoms with Crippen LogP contribution in [-0.2, 0) is 4.74 Å². The number of rotatable bonds is 5. The molecular formula is C12H12ClNO3. The standard InChI is InChI=1S/C12H12ClNO3/c1-2-3-8-17-12(9-14(15)16)10-6-4-5-7-11(10)13/h4-7,12H,8-9H2,1H3. The van der Waals surface area contributed by atoms with Crippen LogP contribution in [0.4, 0.5) is 0 Å². The first-order valence-electron chi connectivity index (χ1n) is 5.02. The summed E-state index contributed by atoms with van der Waals surface area (Å²) in [4.78, 5) is 10.2. The molecule has 0 aliphatic rings. The van der Waals surface area contributed by atoms with Crippen LogP contribution in [0.25, 0.3) is 0 Å². The van der Waals surface area contributed by atoms with E-state index in [9.17, 15) is 10.1 Å². The quantitative estimate of drug-likeness (QED) is 0.461. The van der Waals surface area contributed by atoms with Crippen molar-refractivity contribution in [2.24, 2.45) is 0 Å². The van der Waals surface area contributed by atoms with Crippen molar-refractivity contribution >= 4 is 11.6 Å². The van der Waals surface area contributed by atoms with Crippen molar-refractivity contribution in [3.05, 3.63) is 45.0 Å². The monoisotopic (exact) mass is 253 g/mol. The van der Waals surface area contributed by atoms with E-state index in [1.165, 1.54) is 0 Å². The third kappa shape index (κ3) is 4.43. The van der Waals surface area contributed by atoms with Crippen LogP contribution in [-0.4, -0.2) is 18.1 Å². The molecule has 17 heavy (non-hydrogen) atoms. The fourth-order valence-corrected chi connectivity index (χ4v) is 1.58. The van der Waals surface area contributed by atoms with Gasteiger partial charge < -0.3 is 4.74 Å². The molecule has 0 bridgehead atoms. The van der Waals surface area contributed by atoms with Crippen LogP contribution in [0, 0.1) is 22.0 Å². The maximum atomic E-state index is 10.6. The molecule has 5 heteroatoms. The molecule has 0 spiro atoms. The Labute approximate surface area is 105 Å². The maximum Gasteiger partial charge on any atom is 0.233 e. The lowest BCUT2D eigenvalue weighted by atomic mass is 10.1. The normalized spacial score (nSPS) is 11.4. The molecule has 0 aliphatic heterocycles. The van der Waals surface area contributed by atoms with E-state index in [-0.39, 0.29) is 13.2 Å². The highest BCUT2D eigenvalue weighted by molar-refractivity contribution is 6.31. The van der Waals surface area contributed by atoms with Gasteiger partial charge in [-0.1, -0.05) is 35.7 Å². The summed E-state index contributed by atoms with van der Waals surface area (Å²) in [6.07, 6.45) is -0.667. The topological polar surface area (TPSA) is 52.4 Å². The van der Waals surface area contributed by atoms with Gasteiger partial charge >= 0.3 is 0 Å². The Morgan fingerprint density at radius 3 is 2.82 bits per heavy atom. The average Bonchev–Trinajstić information content (AvgIpc) is 2.28. The third-order valence-corrected chi connectivity index (χ3v) is 2.44. The van der Waals surface area contributed by atoms with E-state index in [1.807, 2.05) is 0 Å². The summed E-state index contributed by atoms with van der Waals surface area (Å²) in [6.45, 7) is 1.51. The number of hydrogen-bond donors (Lipinski definition) is 0. The molecule has 0 aromatic heterocycles. The molecule has 1 unspecified atom stereocenters. The van der Waals surface area contributed by atoms with E-state index >= 15 is 0 Å². The van der Waals surface area contributed by atoms with Gasteiger partial charge in [0.15, 0.2) is 0 Å². The minimum atomic E-state index is -0.667. The van der Waals surface area contributed by atoms with Gasteiger partial charge in [-0.05, 0) is 13.0 Å². The number of nitrogens with zero attached hydrogens (tertiary/aromatic N) is 1. The van der Waals surface area contributed by atoms with Gasteiger partial charge in [-0.3, -0.25) is 10.1 Å². The van der Waals surface area contributed by atoms with Crippen LogP contribution < -0.4 is 0 Å². The van der Waals surface area contributed by atoms with Crippen molar-refractivity contribution in [1.82, 2.24) is 0 Å². The molecule has 0 amide bonds. The molecule has 4 nitrogen and oxygen atoms in total. The minimum Gasteiger partial charge on any atom is -0.354 e. The first kappa shape index (κ1) is 13.5. The van der Waals surface area contributed by atoms with Crippen LogP contribution in [0.2, 0.25) is 5.02 Å². The van der Waals surface area contributed by atoms with Gasteiger partial charge in [0.25, 0.3) is 0 Å². The van der Waals surface area contributed by atoms with Gasteiger partial charge in [0.05, 0.1) is 0 Å². The van der Waals surface area contributed by atoms with Crippen molar-refractivity contribution in [3.63, 3.8) is 0 Å². The smallest absolute Gasteiger partial charge is 0.233 e. The molecule has 1 aromatic rings. The van der Waals surface area contributed by atoms with Crippen LogP contribution in [0.1, 0.15) is 18.6 Å². The summed E-state index contributed by atoms with van der Waals surface area (Å²) < 4.78 is 5.36. The summed E-state index contributed by atoms with van der Waals surface area (Å²) >= 11 is 5.98. The van der Waals surface area contributed by atoms with E-state index in [1.54, 1.807) is 31.2 Å². The van der Waals surface area contributed by atoms with Gasteiger partial charge in [0.2, 0.25) is 6.54 Å². The van der Waals surface area contributed by atoms with E-state index < -0.39 is 11.0 Å². The third-order valence-electron chi connectivity index (χ3n) is 2.10. The summed E-state index contributed by atoms with van der Waals surface area (Å²) in [7, 11) is 0. The molecule has 0 saturated heterocycles. The van der Waals surface area contributed by atoms with Crippen molar-refractivity contribution in [2.75, 3.05) is 13.2 Å². The number of halogens is 1. The number of hydrogen-bond acceptors (Lipinski definition) is 3. The largest absolute Gasteiger partial charge is 0.354 e. The fraction of sp³-hybridized carbons (Fsp3) is 0.333. The predicted molar refractivity (Wildman–Crippen MR) is 65.5 cm³/mol. The highest BCUT2D eigenvalue weighted by atomic mass is 35.5. The summed E-state index contributed by atoms with van der Waals surface area (Å²) in [5.41, 5.74) is 0.615. The zero-order valence-corrected chi connectivity index (χ0v) is 10.1. The molecule has 0 fully saturated rings. The van der Waals surface area contributed by atoms with Crippen molar-refractivity contribution in [1.29, 1.82) is 0 Å². The van der Waals surface area contributed by atoms with Gasteiger partial charge in [-0.2, -0.15) is 0 Å². The first-order valence-corrected chi connectivity index (χ1v) is 5.40. The van der Waals surface area contributed by atoms with Gasteiger partial charge in [-0.25, -0.2) is 0 Å². The molecule has 1 atom stereocenters. The van der Waals surface area contributed by atoms with Crippen molar-refractivity contribution in [3.8, 4) is 11.8 Å². The molecule has 0 heterocycles. The lowest BCUT2D eigenvalue weighted by Gasteiger charge is -2.14. The predicted octanol–water partition coefficient (Wildman–Crippen LogP) is 2.70. The molecule has 0 N–H and O–H groups in total. The minimum absolute atomic E-state index is 0.153. The van der Waals surface area contributed by atoms with E-state index in [0.717, 1.165) is 0 Å². The van der Waals surface area contributed by atoms with E-state index in [0.29, 0.717) is 10.6 Å². The maximum absolute atomic E-state index is 10.6. The second kappa shape index (κ2) is 6.89. The molecule has 0 saturated carbocycles. The van der Waals surface area contributed by atoms with Crippen molar-refractivity contribution < 1.29 is 9.66 Å². The Hall–Kier alpha value is -1.57. The van der Waals surface area contributed by atoms with Gasteiger partial charge in [-0.15, -0.1) is 5.92 Å². The Morgan fingerprint density at radius 1 is 1.53 bits per heavy atom. The lowest BCUT2D eigenvalue weighted by Crippen LogP contribution is -2.16. The van der Waals surface area contributed by atoms with Crippen LogP contribution in [0.15, 0.2) is 24.3 Å². The summed E-state index contributed by atoms with van der Waals surface area (Å²) in [5.74, 6) is 5.37. The van der Waals surface area contributed by atoms with Gasteiger partial charge in [0, 0.05) is 15.5 Å². The van der Waals surface area contributed by atoms with Crippen LogP contribution in [0.5, 0.6) is 0 Å². The van der Waals surface area contributed by atoms with E-state index in [4.69, 9.17) is 16.3 Å². The number of benzene rings is 1. The highest BCUT2D eigenvalue weighted by Gasteiger charge is 2.20. The zero-order valence-electron chi connectivity index (χ0n) is 9.35. The molecule has 90 valence electrons. The Bertz CT molecular complexity index is 451. The SMILES string of the molecule is CC#CCOC(C[N+](=O)[O-])c1ccccc1Cl. The number of nitro groups is 1. The fourth-order valence-electron chi connectivity index (χ4n) is 1.33. The number of ether oxygens (including phenoxy) is 1. The first-order chi connectivity index (χ1) is 8.15. The molecular weight excluding hydrogens is 242 g/mol. The van der Waals surface area contributed by atoms with Crippen LogP contribution >= 0.6 is 11.6 Å². The van der Waals surface area contributed by atoms with E-state index in [2.05, 4.69) is 11.8 Å². The van der Waals surface area contributed by atoms with Crippen LogP contribution in [0.3, 0.4) is 0 Å². The Kier molecular flexibility index (Phi) is 5.47. The average molecular weight is 254 g/mol. The summed E-state index contributed by atoms with van der Waals surface area (Å²) in [6, 6.07) is 6.93. The molecule has 1 aromatic carbocycles. The molecule has 1 rings (SSSR count). The van der Waals surface area contributed by atoms with Gasteiger partial charge in [0.1, 0.15) is 12.7 Å². The Balaban J connectivity index is 2.84. The second-order valence-corrected chi connectivity index (χ2v) is 3.67. The lowest BCUT2D eigenvalue weighted by molar-refractivity contribution is -0.492. The highest BCUT2D eigenvalue weighted by Crippen LogP contribution is 2.25.